The van der Waals surface area contributed by atoms with Gasteiger partial charge in [0.25, 0.3) is 0 Å². The van der Waals surface area contributed by atoms with E-state index in [1.165, 1.54) is 37.5 Å². The Kier molecular flexibility index (Phi) is 9.45. The molecule has 0 bridgehead atoms. The minimum absolute atomic E-state index is 0.0880. The van der Waals surface area contributed by atoms with Crippen LogP contribution in [0.15, 0.2) is 24.3 Å². The van der Waals surface area contributed by atoms with E-state index in [0.717, 1.165) is 12.8 Å². The number of unbranched alkanes of at least 4 members (excludes halogenated alkanes) is 4. The number of benzene rings is 1. The van der Waals surface area contributed by atoms with Crippen LogP contribution >= 0.6 is 0 Å². The second kappa shape index (κ2) is 10.4. The summed E-state index contributed by atoms with van der Waals surface area (Å²) in [6.07, 6.45) is 5.88. The van der Waals surface area contributed by atoms with Gasteiger partial charge < -0.3 is 15.3 Å². The van der Waals surface area contributed by atoms with E-state index in [2.05, 4.69) is 6.92 Å². The molecular formula is C14H22O4. The highest BCUT2D eigenvalue weighted by Gasteiger charge is 1.94. The first-order valence-corrected chi connectivity index (χ1v) is 6.26. The van der Waals surface area contributed by atoms with Crippen molar-refractivity contribution in [2.45, 2.75) is 45.4 Å². The molecule has 1 rings (SSSR count). The van der Waals surface area contributed by atoms with Crippen molar-refractivity contribution in [2.75, 3.05) is 0 Å². The van der Waals surface area contributed by atoms with Crippen LogP contribution < -0.4 is 0 Å². The van der Waals surface area contributed by atoms with Crippen LogP contribution in [0.1, 0.15) is 45.4 Å². The summed E-state index contributed by atoms with van der Waals surface area (Å²) in [5.41, 5.74) is 0. The van der Waals surface area contributed by atoms with Crippen molar-refractivity contribution in [2.24, 2.45) is 0 Å². The maximum Gasteiger partial charge on any atom is 0.303 e. The number of carbonyl (C=O) groups is 1. The lowest BCUT2D eigenvalue weighted by atomic mass is 10.1. The van der Waals surface area contributed by atoms with Crippen LogP contribution in [0, 0.1) is 0 Å². The van der Waals surface area contributed by atoms with Crippen molar-refractivity contribution in [3.63, 3.8) is 0 Å². The number of carboxylic acids is 1. The molecule has 0 aromatic heterocycles. The van der Waals surface area contributed by atoms with Crippen molar-refractivity contribution >= 4 is 5.97 Å². The van der Waals surface area contributed by atoms with E-state index in [9.17, 15) is 4.79 Å². The lowest BCUT2D eigenvalue weighted by Gasteiger charge is -1.95. The topological polar surface area (TPSA) is 77.8 Å². The fourth-order valence-corrected chi connectivity index (χ4v) is 1.37. The van der Waals surface area contributed by atoms with E-state index in [-0.39, 0.29) is 11.5 Å². The first-order chi connectivity index (χ1) is 8.56. The Labute approximate surface area is 108 Å². The Hall–Kier alpha value is -1.71. The maximum atomic E-state index is 10.0. The van der Waals surface area contributed by atoms with Crippen LogP contribution in [-0.2, 0) is 4.79 Å². The summed E-state index contributed by atoms with van der Waals surface area (Å²) < 4.78 is 0. The fraction of sp³-hybridized carbons (Fsp3) is 0.500. The third-order valence-electron chi connectivity index (χ3n) is 2.32. The lowest BCUT2D eigenvalue weighted by molar-refractivity contribution is -0.137. The SMILES string of the molecule is CCCCCCCC(=O)O.Oc1cccc(O)c1. The molecule has 0 saturated carbocycles. The molecule has 0 saturated heterocycles. The van der Waals surface area contributed by atoms with Crippen LogP contribution in [0.2, 0.25) is 0 Å². The van der Waals surface area contributed by atoms with Crippen molar-refractivity contribution in [3.8, 4) is 11.5 Å². The number of rotatable bonds is 6. The van der Waals surface area contributed by atoms with E-state index in [0.29, 0.717) is 6.42 Å². The lowest BCUT2D eigenvalue weighted by Crippen LogP contribution is -1.93. The molecule has 1 aromatic rings. The first-order valence-electron chi connectivity index (χ1n) is 6.26. The smallest absolute Gasteiger partial charge is 0.303 e. The summed E-state index contributed by atoms with van der Waals surface area (Å²) in [7, 11) is 0. The Bertz CT molecular complexity index is 319. The van der Waals surface area contributed by atoms with Crippen molar-refractivity contribution in [1.29, 1.82) is 0 Å². The molecule has 4 heteroatoms. The van der Waals surface area contributed by atoms with Gasteiger partial charge in [0, 0.05) is 12.5 Å². The normalized spacial score (nSPS) is 9.39. The second-order valence-electron chi connectivity index (χ2n) is 4.08. The maximum absolute atomic E-state index is 10.0. The van der Waals surface area contributed by atoms with Gasteiger partial charge >= 0.3 is 5.97 Å². The van der Waals surface area contributed by atoms with Crippen LogP contribution in [-0.4, -0.2) is 21.3 Å². The van der Waals surface area contributed by atoms with E-state index in [4.69, 9.17) is 15.3 Å². The average molecular weight is 254 g/mol. The van der Waals surface area contributed by atoms with Gasteiger partial charge in [0.05, 0.1) is 0 Å². The molecule has 0 heterocycles. The van der Waals surface area contributed by atoms with Gasteiger partial charge in [-0.3, -0.25) is 4.79 Å². The van der Waals surface area contributed by atoms with E-state index in [1.807, 2.05) is 0 Å². The Balaban J connectivity index is 0.000000327. The molecule has 0 radical (unpaired) electrons. The molecule has 0 atom stereocenters. The quantitative estimate of drug-likeness (QED) is 0.679. The monoisotopic (exact) mass is 254 g/mol. The molecule has 0 aliphatic rings. The summed E-state index contributed by atoms with van der Waals surface area (Å²) in [5, 5.41) is 25.6. The standard InChI is InChI=1S/C8H16O2.C6H6O2/c1-2-3-4-5-6-7-8(9)10;7-5-2-1-3-6(8)4-5/h2-7H2,1H3,(H,9,10);1-4,7-8H. The summed E-state index contributed by atoms with van der Waals surface area (Å²) in [5.74, 6) is -0.494. The Morgan fingerprint density at radius 3 is 2.00 bits per heavy atom. The Morgan fingerprint density at radius 1 is 1.06 bits per heavy atom. The van der Waals surface area contributed by atoms with Gasteiger partial charge in [-0.25, -0.2) is 0 Å². The van der Waals surface area contributed by atoms with Gasteiger partial charge in [0.2, 0.25) is 0 Å². The number of carboxylic acid groups (broad SMARTS) is 1. The molecule has 102 valence electrons. The van der Waals surface area contributed by atoms with Crippen LogP contribution in [0.5, 0.6) is 11.5 Å². The molecule has 0 unspecified atom stereocenters. The highest BCUT2D eigenvalue weighted by molar-refractivity contribution is 5.66. The van der Waals surface area contributed by atoms with Crippen LogP contribution in [0.25, 0.3) is 0 Å². The number of hydrogen-bond acceptors (Lipinski definition) is 3. The highest BCUT2D eigenvalue weighted by atomic mass is 16.4. The summed E-state index contributed by atoms with van der Waals surface area (Å²) >= 11 is 0. The molecule has 0 fully saturated rings. The number of phenolic OH excluding ortho intramolecular Hbond substituents is 2. The molecule has 0 aliphatic carbocycles. The zero-order valence-corrected chi connectivity index (χ0v) is 10.8. The van der Waals surface area contributed by atoms with Gasteiger partial charge in [-0.05, 0) is 18.6 Å². The predicted octanol–water partition coefficient (Wildman–Crippen LogP) is 3.53. The minimum atomic E-state index is -0.670. The fourth-order valence-electron chi connectivity index (χ4n) is 1.37. The molecule has 0 amide bonds. The van der Waals surface area contributed by atoms with Crippen LogP contribution in [0.3, 0.4) is 0 Å². The molecule has 0 spiro atoms. The third-order valence-corrected chi connectivity index (χ3v) is 2.32. The molecule has 3 N–H and O–H groups in total. The zero-order chi connectivity index (χ0) is 13.8. The first kappa shape index (κ1) is 16.3. The number of phenols is 2. The summed E-state index contributed by atoms with van der Waals surface area (Å²) in [4.78, 5) is 10.0. The van der Waals surface area contributed by atoms with Crippen LogP contribution in [0.4, 0.5) is 0 Å². The van der Waals surface area contributed by atoms with E-state index in [1.54, 1.807) is 6.07 Å². The molecule has 0 aliphatic heterocycles. The third kappa shape index (κ3) is 10.8. The van der Waals surface area contributed by atoms with Gasteiger partial charge in [-0.1, -0.05) is 38.7 Å². The van der Waals surface area contributed by atoms with Gasteiger partial charge in [0.1, 0.15) is 11.5 Å². The second-order valence-corrected chi connectivity index (χ2v) is 4.08. The minimum Gasteiger partial charge on any atom is -0.508 e. The molecule has 4 nitrogen and oxygen atoms in total. The molecule has 18 heavy (non-hydrogen) atoms. The van der Waals surface area contributed by atoms with Crippen molar-refractivity contribution < 1.29 is 20.1 Å². The highest BCUT2D eigenvalue weighted by Crippen LogP contribution is 2.14. The number of aliphatic carboxylic acids is 1. The van der Waals surface area contributed by atoms with Gasteiger partial charge in [-0.2, -0.15) is 0 Å². The zero-order valence-electron chi connectivity index (χ0n) is 10.8. The predicted molar refractivity (Wildman–Crippen MR) is 70.8 cm³/mol. The van der Waals surface area contributed by atoms with Gasteiger partial charge in [-0.15, -0.1) is 0 Å². The Morgan fingerprint density at radius 2 is 1.61 bits per heavy atom. The largest absolute Gasteiger partial charge is 0.508 e. The summed E-state index contributed by atoms with van der Waals surface area (Å²) in [6, 6.07) is 5.85. The van der Waals surface area contributed by atoms with Crippen molar-refractivity contribution in [3.05, 3.63) is 24.3 Å². The van der Waals surface area contributed by atoms with E-state index >= 15 is 0 Å². The molecular weight excluding hydrogens is 232 g/mol. The summed E-state index contributed by atoms with van der Waals surface area (Å²) in [6.45, 7) is 2.15. The van der Waals surface area contributed by atoms with E-state index < -0.39 is 5.97 Å². The molecule has 1 aromatic carbocycles. The number of aromatic hydroxyl groups is 2. The van der Waals surface area contributed by atoms with Gasteiger partial charge in [0.15, 0.2) is 0 Å². The van der Waals surface area contributed by atoms with Crippen molar-refractivity contribution in [1.82, 2.24) is 0 Å². The number of hydrogen-bond donors (Lipinski definition) is 3. The average Bonchev–Trinajstić information content (AvgIpc) is 2.29.